The molecule has 124 valence electrons. The van der Waals surface area contributed by atoms with Gasteiger partial charge in [0, 0.05) is 17.0 Å². The average Bonchev–Trinajstić information content (AvgIpc) is 3.10. The van der Waals surface area contributed by atoms with E-state index in [4.69, 9.17) is 14.6 Å². The molecular formula is C17H16N2O4S. The van der Waals surface area contributed by atoms with E-state index in [2.05, 4.69) is 4.98 Å². The van der Waals surface area contributed by atoms with Crippen molar-refractivity contribution in [3.63, 3.8) is 0 Å². The van der Waals surface area contributed by atoms with Crippen molar-refractivity contribution in [1.82, 2.24) is 9.38 Å². The lowest BCUT2D eigenvalue weighted by Gasteiger charge is -2.09. The van der Waals surface area contributed by atoms with Gasteiger partial charge in [-0.05, 0) is 31.2 Å². The molecule has 0 fully saturated rings. The molecule has 0 radical (unpaired) electrons. The molecule has 7 heteroatoms. The topological polar surface area (TPSA) is 73.1 Å². The standard InChI is InChI=1S/C17H16N2O4S/c1-10-12(5-7-16(20)21)19-13(9-24-17(19)18-10)11-4-6-14(22-2)15(8-11)23-3/h4-9H,1-3H3,(H,20,21)/b7-5+. The fraction of sp³-hybridized carbons (Fsp3) is 0.176. The number of nitrogens with zero attached hydrogens (tertiary/aromatic N) is 2. The molecule has 3 aromatic rings. The number of aromatic nitrogens is 2. The van der Waals surface area contributed by atoms with Crippen molar-refractivity contribution < 1.29 is 19.4 Å². The number of rotatable bonds is 5. The molecule has 0 unspecified atom stereocenters. The normalized spacial score (nSPS) is 11.3. The number of aliphatic carboxylic acids is 1. The zero-order valence-corrected chi connectivity index (χ0v) is 14.3. The van der Waals surface area contributed by atoms with Gasteiger partial charge in [-0.3, -0.25) is 4.40 Å². The van der Waals surface area contributed by atoms with Gasteiger partial charge in [0.05, 0.1) is 31.3 Å². The van der Waals surface area contributed by atoms with Crippen molar-refractivity contribution in [3.8, 4) is 22.8 Å². The van der Waals surface area contributed by atoms with Gasteiger partial charge in [0.1, 0.15) is 0 Å². The Morgan fingerprint density at radius 1 is 1.29 bits per heavy atom. The van der Waals surface area contributed by atoms with Crippen LogP contribution < -0.4 is 9.47 Å². The van der Waals surface area contributed by atoms with E-state index in [9.17, 15) is 4.79 Å². The Morgan fingerprint density at radius 3 is 2.71 bits per heavy atom. The molecule has 0 bridgehead atoms. The van der Waals surface area contributed by atoms with Crippen molar-refractivity contribution in [2.75, 3.05) is 14.2 Å². The summed E-state index contributed by atoms with van der Waals surface area (Å²) in [4.78, 5) is 16.1. The number of aryl methyl sites for hydroxylation is 1. The minimum absolute atomic E-state index is 0.633. The third kappa shape index (κ3) is 2.74. The van der Waals surface area contributed by atoms with Gasteiger partial charge in [-0.15, -0.1) is 11.3 Å². The van der Waals surface area contributed by atoms with Crippen LogP contribution in [-0.2, 0) is 4.79 Å². The zero-order valence-electron chi connectivity index (χ0n) is 13.4. The van der Waals surface area contributed by atoms with Crippen LogP contribution in [0.5, 0.6) is 11.5 Å². The molecule has 0 aliphatic rings. The third-order valence-corrected chi connectivity index (χ3v) is 4.47. The maximum absolute atomic E-state index is 10.8. The van der Waals surface area contributed by atoms with E-state index in [0.29, 0.717) is 11.5 Å². The molecule has 3 rings (SSSR count). The summed E-state index contributed by atoms with van der Waals surface area (Å²) >= 11 is 1.50. The summed E-state index contributed by atoms with van der Waals surface area (Å²) in [6.45, 7) is 1.86. The van der Waals surface area contributed by atoms with Gasteiger partial charge >= 0.3 is 5.97 Å². The largest absolute Gasteiger partial charge is 0.493 e. The van der Waals surface area contributed by atoms with E-state index in [-0.39, 0.29) is 0 Å². The van der Waals surface area contributed by atoms with Crippen LogP contribution >= 0.6 is 11.3 Å². The number of carboxylic acid groups (broad SMARTS) is 1. The highest BCUT2D eigenvalue weighted by Gasteiger charge is 2.15. The number of fused-ring (bicyclic) bond motifs is 1. The van der Waals surface area contributed by atoms with Crippen LogP contribution in [0.1, 0.15) is 11.4 Å². The Kier molecular flexibility index (Phi) is 4.26. The van der Waals surface area contributed by atoms with Gasteiger partial charge in [0.2, 0.25) is 0 Å². The van der Waals surface area contributed by atoms with Crippen LogP contribution in [0.15, 0.2) is 29.7 Å². The van der Waals surface area contributed by atoms with Crippen molar-refractivity contribution in [1.29, 1.82) is 0 Å². The zero-order chi connectivity index (χ0) is 17.3. The van der Waals surface area contributed by atoms with Crippen molar-refractivity contribution in [2.45, 2.75) is 6.92 Å². The van der Waals surface area contributed by atoms with E-state index in [1.165, 1.54) is 11.3 Å². The molecule has 0 amide bonds. The van der Waals surface area contributed by atoms with Gasteiger partial charge in [0.15, 0.2) is 16.5 Å². The molecule has 2 aromatic heterocycles. The van der Waals surface area contributed by atoms with Gasteiger partial charge in [-0.1, -0.05) is 0 Å². The fourth-order valence-electron chi connectivity index (χ4n) is 2.53. The van der Waals surface area contributed by atoms with Crippen LogP contribution in [-0.4, -0.2) is 34.7 Å². The number of hydrogen-bond donors (Lipinski definition) is 1. The Balaban J connectivity index is 2.18. The minimum atomic E-state index is -0.993. The second kappa shape index (κ2) is 6.37. The second-order valence-electron chi connectivity index (χ2n) is 5.06. The first-order valence-electron chi connectivity index (χ1n) is 7.15. The first kappa shape index (κ1) is 16.1. The van der Waals surface area contributed by atoms with Gasteiger partial charge < -0.3 is 14.6 Å². The molecule has 0 spiro atoms. The summed E-state index contributed by atoms with van der Waals surface area (Å²) in [7, 11) is 3.18. The molecule has 0 aliphatic carbocycles. The summed E-state index contributed by atoms with van der Waals surface area (Å²) in [6, 6.07) is 5.66. The molecule has 2 heterocycles. The Labute approximate surface area is 142 Å². The highest BCUT2D eigenvalue weighted by molar-refractivity contribution is 7.15. The van der Waals surface area contributed by atoms with Crippen LogP contribution in [0.2, 0.25) is 0 Å². The molecule has 24 heavy (non-hydrogen) atoms. The van der Waals surface area contributed by atoms with E-state index in [0.717, 1.165) is 33.7 Å². The molecule has 6 nitrogen and oxygen atoms in total. The maximum Gasteiger partial charge on any atom is 0.328 e. The average molecular weight is 344 g/mol. The predicted octanol–water partition coefficient (Wildman–Crippen LogP) is 3.49. The number of benzene rings is 1. The molecule has 0 saturated heterocycles. The monoisotopic (exact) mass is 344 g/mol. The van der Waals surface area contributed by atoms with E-state index >= 15 is 0 Å². The Bertz CT molecular complexity index is 940. The number of hydrogen-bond acceptors (Lipinski definition) is 5. The van der Waals surface area contributed by atoms with Crippen LogP contribution in [0.25, 0.3) is 22.3 Å². The molecule has 1 N–H and O–H groups in total. The summed E-state index contributed by atoms with van der Waals surface area (Å²) in [5.74, 6) is 0.293. The SMILES string of the molecule is COc1ccc(-c2csc3nc(C)c(/C=C/C(=O)O)n23)cc1OC. The summed E-state index contributed by atoms with van der Waals surface area (Å²) in [5.41, 5.74) is 3.38. The highest BCUT2D eigenvalue weighted by Crippen LogP contribution is 2.35. The first-order valence-corrected chi connectivity index (χ1v) is 8.03. The van der Waals surface area contributed by atoms with E-state index < -0.39 is 5.97 Å². The van der Waals surface area contributed by atoms with Crippen molar-refractivity contribution in [2.24, 2.45) is 0 Å². The second-order valence-corrected chi connectivity index (χ2v) is 5.90. The van der Waals surface area contributed by atoms with Crippen LogP contribution in [0.4, 0.5) is 0 Å². The van der Waals surface area contributed by atoms with Crippen molar-refractivity contribution in [3.05, 3.63) is 41.0 Å². The Hall–Kier alpha value is -2.80. The van der Waals surface area contributed by atoms with Crippen molar-refractivity contribution >= 4 is 28.3 Å². The number of ether oxygens (including phenoxy) is 2. The summed E-state index contributed by atoms with van der Waals surface area (Å²) in [6.07, 6.45) is 2.68. The minimum Gasteiger partial charge on any atom is -0.493 e. The number of thiazole rings is 1. The Morgan fingerprint density at radius 2 is 2.04 bits per heavy atom. The van der Waals surface area contributed by atoms with E-state index in [1.807, 2.05) is 34.9 Å². The predicted molar refractivity (Wildman–Crippen MR) is 93.0 cm³/mol. The molecular weight excluding hydrogens is 328 g/mol. The number of imidazole rings is 1. The summed E-state index contributed by atoms with van der Waals surface area (Å²) < 4.78 is 12.6. The smallest absolute Gasteiger partial charge is 0.328 e. The molecule has 0 aliphatic heterocycles. The lowest BCUT2D eigenvalue weighted by molar-refractivity contribution is -0.131. The lowest BCUT2D eigenvalue weighted by atomic mass is 10.1. The van der Waals surface area contributed by atoms with Crippen LogP contribution in [0, 0.1) is 6.92 Å². The lowest BCUT2D eigenvalue weighted by Crippen LogP contribution is -1.94. The van der Waals surface area contributed by atoms with E-state index in [1.54, 1.807) is 20.3 Å². The van der Waals surface area contributed by atoms with Gasteiger partial charge in [0.25, 0.3) is 0 Å². The first-order chi connectivity index (χ1) is 11.5. The van der Waals surface area contributed by atoms with Gasteiger partial charge in [-0.2, -0.15) is 0 Å². The number of methoxy groups -OCH3 is 2. The fourth-order valence-corrected chi connectivity index (χ4v) is 3.48. The quantitative estimate of drug-likeness (QED) is 0.717. The third-order valence-electron chi connectivity index (χ3n) is 3.65. The highest BCUT2D eigenvalue weighted by atomic mass is 32.1. The van der Waals surface area contributed by atoms with Crippen LogP contribution in [0.3, 0.4) is 0 Å². The molecule has 0 saturated carbocycles. The molecule has 0 atom stereocenters. The number of carboxylic acids is 1. The maximum atomic E-state index is 10.8. The summed E-state index contributed by atoms with van der Waals surface area (Å²) in [5, 5.41) is 10.9. The number of carbonyl (C=O) groups is 1. The van der Waals surface area contributed by atoms with Gasteiger partial charge in [-0.25, -0.2) is 9.78 Å². The molecule has 1 aromatic carbocycles.